The lowest BCUT2D eigenvalue weighted by molar-refractivity contribution is -0.142. The van der Waals surface area contributed by atoms with Crippen molar-refractivity contribution < 1.29 is 123 Å². The number of amides is 8. The summed E-state index contributed by atoms with van der Waals surface area (Å²) < 4.78 is 84.7. The zero-order valence-corrected chi connectivity index (χ0v) is 71.9. The van der Waals surface area contributed by atoms with Crippen LogP contribution >= 0.6 is 0 Å². The minimum absolute atomic E-state index is 0.0148. The van der Waals surface area contributed by atoms with Crippen LogP contribution in [0.5, 0.6) is 5.75 Å². The number of carbonyl (C=O) groups excluding carboxylic acids is 10. The van der Waals surface area contributed by atoms with Gasteiger partial charge in [0.2, 0.25) is 47.3 Å². The highest BCUT2D eigenvalue weighted by Crippen LogP contribution is 2.28. The maximum absolute atomic E-state index is 14.3. The number of nitrogens with two attached hydrogens (primary N) is 2. The molecule has 1 rings (SSSR count). The first-order chi connectivity index (χ1) is 57.6. The molecule has 0 aliphatic heterocycles. The molecule has 0 aliphatic rings. The molecule has 0 spiro atoms. The molecule has 1 aromatic carbocycles. The van der Waals surface area contributed by atoms with Crippen LogP contribution in [-0.2, 0) is 117 Å². The van der Waals surface area contributed by atoms with Crippen LogP contribution < -0.4 is 59.3 Å². The Morgan fingerprint density at radius 3 is 1.27 bits per heavy atom. The van der Waals surface area contributed by atoms with Crippen LogP contribution in [0.3, 0.4) is 0 Å². The number of phenolic OH excluding ortho intramolecular Hbond substituents is 1. The molecule has 5 atom stereocenters. The highest BCUT2D eigenvalue weighted by molar-refractivity contribution is 7.85. The van der Waals surface area contributed by atoms with Crippen LogP contribution in [0.4, 0.5) is 0 Å². The van der Waals surface area contributed by atoms with Crippen molar-refractivity contribution in [1.82, 2.24) is 47.9 Å². The van der Waals surface area contributed by atoms with E-state index in [1.54, 1.807) is 19.1 Å². The number of ether oxygens (including phenoxy) is 10. The lowest BCUT2D eigenvalue weighted by Gasteiger charge is -2.28. The number of rotatable bonds is 83. The predicted octanol–water partition coefficient (Wildman–Crippen LogP) is 2.33. The lowest BCUT2D eigenvalue weighted by atomic mass is 9.78. The molecule has 8 amide bonds. The number of carboxylic acid groups (broad SMARTS) is 1. The second-order valence-corrected chi connectivity index (χ2v) is 31.0. The number of primary amides is 1. The highest BCUT2D eigenvalue weighted by Gasteiger charge is 2.36. The normalized spacial score (nSPS) is 12.6. The van der Waals surface area contributed by atoms with E-state index in [0.29, 0.717) is 76.2 Å². The monoisotopic (exact) mass is 1730 g/mol. The van der Waals surface area contributed by atoms with Crippen LogP contribution in [0.2, 0.25) is 0 Å². The largest absolute Gasteiger partial charge is 0.508 e. The van der Waals surface area contributed by atoms with E-state index < -0.39 is 57.7 Å². The molecule has 0 heterocycles. The average molecular weight is 1730 g/mol. The summed E-state index contributed by atoms with van der Waals surface area (Å²) >= 11 is 0. The Bertz CT molecular complexity index is 3160. The van der Waals surface area contributed by atoms with Gasteiger partial charge in [-0.15, -0.1) is 0 Å². The van der Waals surface area contributed by atoms with Crippen molar-refractivity contribution in [3.05, 3.63) is 42.1 Å². The number of carboxylic acids is 1. The fraction of sp³-hybridized carbons (Fsp3) is 0.753. The highest BCUT2D eigenvalue weighted by atomic mass is 32.2. The summed E-state index contributed by atoms with van der Waals surface area (Å²) in [5, 5.41) is 51.3. The number of carbonyl (C=O) groups is 11. The number of nitrogens with one attached hydrogen (secondary N) is 10. The van der Waals surface area contributed by atoms with Crippen molar-refractivity contribution >= 4 is 80.9 Å². The average Bonchev–Trinajstić information content (AvgIpc) is 0.837. The summed E-state index contributed by atoms with van der Waals surface area (Å²) in [5.74, 6) is -7.86. The molecule has 1 aromatic rings. The molecular formula is C81H142N12O26S. The van der Waals surface area contributed by atoms with Crippen molar-refractivity contribution in [2.45, 2.75) is 187 Å². The van der Waals surface area contributed by atoms with Crippen LogP contribution in [0, 0.1) is 29.1 Å². The van der Waals surface area contributed by atoms with Crippen molar-refractivity contribution in [2.75, 3.05) is 184 Å². The number of aliphatic carboxylic acids is 1. The van der Waals surface area contributed by atoms with E-state index in [2.05, 4.69) is 54.4 Å². The number of ketones is 2. The van der Waals surface area contributed by atoms with Gasteiger partial charge in [0.25, 0.3) is 10.1 Å². The van der Waals surface area contributed by atoms with E-state index >= 15 is 0 Å². The molecule has 0 bridgehead atoms. The van der Waals surface area contributed by atoms with Crippen molar-refractivity contribution in [3.63, 3.8) is 0 Å². The molecule has 38 nitrogen and oxygen atoms in total. The number of aromatic hydroxyl groups is 1. The molecule has 17 N–H and O–H groups in total. The summed E-state index contributed by atoms with van der Waals surface area (Å²) in [7, 11) is -3.86. The Morgan fingerprint density at radius 2 is 0.842 bits per heavy atom. The molecule has 0 saturated heterocycles. The number of Topliss-reactive ketones (excluding diaryl/α,β-unsaturated/α-hetero) is 2. The van der Waals surface area contributed by atoms with E-state index in [1.807, 2.05) is 13.8 Å². The van der Waals surface area contributed by atoms with Gasteiger partial charge >= 0.3 is 5.97 Å². The summed E-state index contributed by atoms with van der Waals surface area (Å²) in [6.07, 6.45) is 14.7. The Kier molecular flexibility index (Phi) is 66.4. The molecule has 120 heavy (non-hydrogen) atoms. The topological polar surface area (TPSA) is 559 Å². The number of hydrogen-bond acceptors (Lipinski definition) is 26. The van der Waals surface area contributed by atoms with Crippen LogP contribution in [-0.4, -0.2) is 290 Å². The molecule has 0 aliphatic carbocycles. The van der Waals surface area contributed by atoms with Gasteiger partial charge in [-0.2, -0.15) is 8.42 Å². The van der Waals surface area contributed by atoms with E-state index in [9.17, 15) is 71.4 Å². The Balaban J connectivity index is 2.02. The van der Waals surface area contributed by atoms with Gasteiger partial charge in [0.1, 0.15) is 55.8 Å². The molecule has 0 aromatic heterocycles. The lowest BCUT2D eigenvalue weighted by Crippen LogP contribution is -2.49. The van der Waals surface area contributed by atoms with Crippen LogP contribution in [0.25, 0.3) is 0 Å². The van der Waals surface area contributed by atoms with Gasteiger partial charge in [-0.25, -0.2) is 4.79 Å². The zero-order valence-electron chi connectivity index (χ0n) is 71.0. The Morgan fingerprint density at radius 1 is 0.433 bits per heavy atom. The Hall–Kier alpha value is -8.09. The number of benzene rings is 1. The first kappa shape index (κ1) is 110. The fourth-order valence-corrected chi connectivity index (χ4v) is 12.5. The number of hydrogen-bond donors (Lipinski definition) is 15. The van der Waals surface area contributed by atoms with Gasteiger partial charge in [0.15, 0.2) is 5.96 Å². The van der Waals surface area contributed by atoms with Crippen LogP contribution in [0.15, 0.2) is 36.5 Å². The minimum Gasteiger partial charge on any atom is -0.508 e. The molecule has 688 valence electrons. The second kappa shape index (κ2) is 72.5. The number of phenols is 1. The quantitative estimate of drug-likeness (QED) is 0.0193. The fourth-order valence-electron chi connectivity index (χ4n) is 12.0. The summed E-state index contributed by atoms with van der Waals surface area (Å²) in [5.41, 5.74) is 12.4. The molecule has 0 saturated carbocycles. The predicted molar refractivity (Wildman–Crippen MR) is 446 cm³/mol. The summed E-state index contributed by atoms with van der Waals surface area (Å²) in [6.45, 7) is 14.0. The molecule has 1 unspecified atom stereocenters. The van der Waals surface area contributed by atoms with Gasteiger partial charge in [-0.3, -0.25) is 57.9 Å². The van der Waals surface area contributed by atoms with E-state index in [1.165, 1.54) is 12.1 Å². The van der Waals surface area contributed by atoms with E-state index in [4.69, 9.17) is 68.8 Å². The standard InChI is InChI=1S/C81H142N12O26S/c1-61(2)53-67(95)55-65(77(102)63(4)68(22-20-31-91-81(83)84)79(104)93-70(78(82)103)54-64-24-26-66(94)27-25-64)21-17-18-30-86-73(98)57-116-49-45-113-40-35-90-76(101)60-119-51-46-114-41-36-89-74(99)58-117-48-43-110-37-32-85-62(3)56-115-47-42-112-39-34-88-75(100)59-118-50-44-111-38-33-87-71(96)29-28-69(80(105)106)92-72(97)23-16-14-12-10-8-6-5-7-9-11-13-15-19-52-120(107,108)109/h24-27,61,63,65,68-70,85,94H,3,5-23,28-60H2,1-2,4H3,(H2,82,103)(H,86,98)(H,87,96)(H,88,100)(H,89,99)(H,90,101)(H,92,97)(H,93,104)(H,105,106)(H4,83,84,91)(H,107,108,109)/t63?,65-,68-,69+,70+/m1/s1. The summed E-state index contributed by atoms with van der Waals surface area (Å²) in [6, 6.07) is 3.81. The minimum atomic E-state index is -3.86. The van der Waals surface area contributed by atoms with Gasteiger partial charge in [-0.1, -0.05) is 117 Å². The van der Waals surface area contributed by atoms with Crippen molar-refractivity contribution in [2.24, 2.45) is 35.1 Å². The number of unbranched alkanes of at least 4 members (excludes halogenated alkanes) is 13. The van der Waals surface area contributed by atoms with E-state index in [0.717, 1.165) is 70.6 Å². The molecule has 39 heteroatoms. The van der Waals surface area contributed by atoms with E-state index in [-0.39, 0.29) is 267 Å². The second-order valence-electron chi connectivity index (χ2n) is 29.4. The van der Waals surface area contributed by atoms with Crippen molar-refractivity contribution in [1.29, 1.82) is 5.41 Å². The molecular weight excluding hydrogens is 1590 g/mol. The third-order valence-corrected chi connectivity index (χ3v) is 19.1. The third-order valence-electron chi connectivity index (χ3n) is 18.3. The number of guanidine groups is 1. The first-order valence-corrected chi connectivity index (χ1v) is 43.7. The van der Waals surface area contributed by atoms with Crippen LogP contribution in [0.1, 0.15) is 174 Å². The Labute approximate surface area is 708 Å². The van der Waals surface area contributed by atoms with Gasteiger partial charge in [0, 0.05) is 101 Å². The maximum Gasteiger partial charge on any atom is 0.326 e. The smallest absolute Gasteiger partial charge is 0.326 e. The first-order valence-electron chi connectivity index (χ1n) is 42.1. The third kappa shape index (κ3) is 66.6. The van der Waals surface area contributed by atoms with Gasteiger partial charge in [0.05, 0.1) is 111 Å². The molecule has 0 radical (unpaired) electrons. The SMILES string of the molecule is C=C(COCCOCCNC(=O)COCCOCCNC(=O)CC[C@H](NC(=O)CCCCCCCCCCCCCCCS(=O)(=O)O)C(=O)O)NCCOCCOCC(=O)NCCOCCOCC(=O)NCCOCCOCC(=O)NCCCC[C@H](CC(=O)CC(C)C)C(=O)C(C)[C@@H](CCCNC(=N)N)C(=O)N[C@@H](Cc1ccc(O)cc1)C(N)=O. The zero-order chi connectivity index (χ0) is 88.7. The van der Waals surface area contributed by atoms with Crippen molar-refractivity contribution in [3.8, 4) is 5.75 Å². The van der Waals surface area contributed by atoms with Gasteiger partial charge in [-0.05, 0) is 68.6 Å². The summed E-state index contributed by atoms with van der Waals surface area (Å²) in [4.78, 5) is 139. The maximum atomic E-state index is 14.3. The molecule has 0 fully saturated rings. The van der Waals surface area contributed by atoms with Gasteiger partial charge < -0.3 is 117 Å².